The van der Waals surface area contributed by atoms with Crippen molar-refractivity contribution in [2.24, 2.45) is 5.92 Å². The Labute approximate surface area is 94.9 Å². The summed E-state index contributed by atoms with van der Waals surface area (Å²) in [5.41, 5.74) is 0.722. The van der Waals surface area contributed by atoms with E-state index in [1.54, 1.807) is 12.1 Å². The van der Waals surface area contributed by atoms with Crippen LogP contribution in [0, 0.1) is 5.92 Å². The number of hydrogen-bond donors (Lipinski definition) is 3. The molecule has 3 N–H and O–H groups in total. The van der Waals surface area contributed by atoms with Gasteiger partial charge in [0, 0.05) is 13.2 Å². The number of carbonyl (C=O) groups is 1. The van der Waals surface area contributed by atoms with Crippen LogP contribution in [0.1, 0.15) is 18.5 Å². The maximum atomic E-state index is 11.1. The van der Waals surface area contributed by atoms with Gasteiger partial charge in [-0.15, -0.1) is 0 Å². The van der Waals surface area contributed by atoms with Gasteiger partial charge < -0.3 is 15.5 Å². The minimum atomic E-state index is -0.906. The van der Waals surface area contributed by atoms with Crippen LogP contribution >= 0.6 is 0 Å². The number of carboxylic acids is 1. The zero-order valence-electron chi connectivity index (χ0n) is 9.26. The van der Waals surface area contributed by atoms with Crippen LogP contribution in [0.5, 0.6) is 0 Å². The van der Waals surface area contributed by atoms with Crippen molar-refractivity contribution in [3.05, 3.63) is 35.9 Å². The second-order valence-electron chi connectivity index (χ2n) is 3.88. The van der Waals surface area contributed by atoms with Gasteiger partial charge in [0.15, 0.2) is 0 Å². The van der Waals surface area contributed by atoms with Crippen molar-refractivity contribution in [3.63, 3.8) is 0 Å². The van der Waals surface area contributed by atoms with E-state index in [-0.39, 0.29) is 12.5 Å². The lowest BCUT2D eigenvalue weighted by Gasteiger charge is -2.17. The molecule has 0 aliphatic rings. The van der Waals surface area contributed by atoms with Gasteiger partial charge in [0.1, 0.15) is 6.04 Å². The Morgan fingerprint density at radius 3 is 2.50 bits per heavy atom. The quantitative estimate of drug-likeness (QED) is 0.673. The molecule has 0 aromatic heterocycles. The van der Waals surface area contributed by atoms with Crippen molar-refractivity contribution < 1.29 is 15.0 Å². The third kappa shape index (κ3) is 3.64. The lowest BCUT2D eigenvalue weighted by atomic mass is 10.1. The molecule has 4 heteroatoms. The average molecular weight is 223 g/mol. The summed E-state index contributed by atoms with van der Waals surface area (Å²) in [6.07, 6.45) is 0. The fourth-order valence-electron chi connectivity index (χ4n) is 1.38. The Morgan fingerprint density at radius 1 is 1.38 bits per heavy atom. The van der Waals surface area contributed by atoms with Gasteiger partial charge in [-0.05, 0) is 11.5 Å². The second kappa shape index (κ2) is 6.25. The summed E-state index contributed by atoms with van der Waals surface area (Å²) in [4.78, 5) is 11.1. The lowest BCUT2D eigenvalue weighted by molar-refractivity contribution is -0.139. The second-order valence-corrected chi connectivity index (χ2v) is 3.88. The van der Waals surface area contributed by atoms with Gasteiger partial charge in [0.05, 0.1) is 0 Å². The van der Waals surface area contributed by atoms with E-state index in [0.29, 0.717) is 6.54 Å². The minimum absolute atomic E-state index is 0.0468. The third-order valence-electron chi connectivity index (χ3n) is 2.36. The van der Waals surface area contributed by atoms with E-state index in [1.807, 2.05) is 25.1 Å². The summed E-state index contributed by atoms with van der Waals surface area (Å²) in [6.45, 7) is 2.38. The highest BCUT2D eigenvalue weighted by Crippen LogP contribution is 2.12. The lowest BCUT2D eigenvalue weighted by Crippen LogP contribution is -2.32. The number of aliphatic hydroxyl groups excluding tert-OH is 1. The van der Waals surface area contributed by atoms with Crippen LogP contribution in [0.4, 0.5) is 0 Å². The van der Waals surface area contributed by atoms with Crippen LogP contribution in [-0.4, -0.2) is 29.3 Å². The van der Waals surface area contributed by atoms with Crippen molar-refractivity contribution in [3.8, 4) is 0 Å². The van der Waals surface area contributed by atoms with Gasteiger partial charge in [-0.3, -0.25) is 4.79 Å². The monoisotopic (exact) mass is 223 g/mol. The summed E-state index contributed by atoms with van der Waals surface area (Å²) in [7, 11) is 0. The molecular weight excluding hydrogens is 206 g/mol. The summed E-state index contributed by atoms with van der Waals surface area (Å²) in [6, 6.07) is 8.30. The molecular formula is C12H17NO3. The molecule has 0 heterocycles. The Hall–Kier alpha value is -1.39. The van der Waals surface area contributed by atoms with Gasteiger partial charge in [0.2, 0.25) is 0 Å². The van der Waals surface area contributed by atoms with Crippen LogP contribution in [0.3, 0.4) is 0 Å². The predicted molar refractivity (Wildman–Crippen MR) is 61.1 cm³/mol. The van der Waals surface area contributed by atoms with E-state index in [1.165, 1.54) is 0 Å². The van der Waals surface area contributed by atoms with Gasteiger partial charge in [0.25, 0.3) is 0 Å². The highest BCUT2D eigenvalue weighted by atomic mass is 16.4. The number of rotatable bonds is 6. The molecule has 0 saturated heterocycles. The van der Waals surface area contributed by atoms with Crippen molar-refractivity contribution in [1.29, 1.82) is 0 Å². The number of nitrogens with one attached hydrogen (secondary N) is 1. The van der Waals surface area contributed by atoms with Gasteiger partial charge in [-0.2, -0.15) is 0 Å². The zero-order valence-corrected chi connectivity index (χ0v) is 9.26. The molecule has 1 aromatic carbocycles. The van der Waals surface area contributed by atoms with Crippen LogP contribution in [-0.2, 0) is 4.79 Å². The van der Waals surface area contributed by atoms with E-state index in [2.05, 4.69) is 5.32 Å². The highest BCUT2D eigenvalue weighted by molar-refractivity contribution is 5.75. The molecule has 0 bridgehead atoms. The average Bonchev–Trinajstić information content (AvgIpc) is 2.30. The molecule has 4 nitrogen and oxygen atoms in total. The zero-order chi connectivity index (χ0) is 12.0. The van der Waals surface area contributed by atoms with Gasteiger partial charge in [-0.25, -0.2) is 0 Å². The summed E-state index contributed by atoms with van der Waals surface area (Å²) in [5, 5.41) is 20.9. The molecule has 0 radical (unpaired) electrons. The first-order valence-corrected chi connectivity index (χ1v) is 5.27. The predicted octanol–water partition coefficient (Wildman–Crippen LogP) is 1.03. The smallest absolute Gasteiger partial charge is 0.325 e. The summed E-state index contributed by atoms with van der Waals surface area (Å²) < 4.78 is 0. The molecule has 0 saturated carbocycles. The number of carboxylic acid groups (broad SMARTS) is 1. The molecule has 1 rings (SSSR count). The summed E-state index contributed by atoms with van der Waals surface area (Å²) >= 11 is 0. The van der Waals surface area contributed by atoms with Crippen molar-refractivity contribution in [2.45, 2.75) is 13.0 Å². The van der Waals surface area contributed by atoms with E-state index in [9.17, 15) is 4.79 Å². The van der Waals surface area contributed by atoms with E-state index in [4.69, 9.17) is 10.2 Å². The topological polar surface area (TPSA) is 69.6 Å². The number of aliphatic hydroxyl groups is 1. The van der Waals surface area contributed by atoms with Crippen LogP contribution in [0.2, 0.25) is 0 Å². The SMILES string of the molecule is CC(CO)CNC(C(=O)O)c1ccccc1. The fourth-order valence-corrected chi connectivity index (χ4v) is 1.38. The third-order valence-corrected chi connectivity index (χ3v) is 2.36. The normalized spacial score (nSPS) is 14.4. The number of benzene rings is 1. The molecule has 0 aliphatic heterocycles. The van der Waals surface area contributed by atoms with Gasteiger partial charge >= 0.3 is 5.97 Å². The molecule has 1 aromatic rings. The van der Waals surface area contributed by atoms with E-state index >= 15 is 0 Å². The standard InChI is InChI=1S/C12H17NO3/c1-9(8-14)7-13-11(12(15)16)10-5-3-2-4-6-10/h2-6,9,11,13-14H,7-8H2,1H3,(H,15,16). The molecule has 0 amide bonds. The molecule has 0 fully saturated rings. The Balaban J connectivity index is 2.66. The Kier molecular flexibility index (Phi) is 4.95. The number of aliphatic carboxylic acids is 1. The van der Waals surface area contributed by atoms with Crippen molar-refractivity contribution in [2.75, 3.05) is 13.2 Å². The van der Waals surface area contributed by atoms with E-state index < -0.39 is 12.0 Å². The molecule has 16 heavy (non-hydrogen) atoms. The Morgan fingerprint density at radius 2 is 2.00 bits per heavy atom. The maximum Gasteiger partial charge on any atom is 0.325 e. The molecule has 2 atom stereocenters. The van der Waals surface area contributed by atoms with Crippen LogP contribution < -0.4 is 5.32 Å². The molecule has 0 aliphatic carbocycles. The summed E-state index contributed by atoms with van der Waals surface area (Å²) in [5.74, 6) is -0.859. The van der Waals surface area contributed by atoms with Crippen LogP contribution in [0.25, 0.3) is 0 Å². The van der Waals surface area contributed by atoms with Crippen molar-refractivity contribution in [1.82, 2.24) is 5.32 Å². The first-order chi connectivity index (χ1) is 7.65. The molecule has 88 valence electrons. The molecule has 2 unspecified atom stereocenters. The maximum absolute atomic E-state index is 11.1. The largest absolute Gasteiger partial charge is 0.480 e. The minimum Gasteiger partial charge on any atom is -0.480 e. The first kappa shape index (κ1) is 12.7. The van der Waals surface area contributed by atoms with Crippen LogP contribution in [0.15, 0.2) is 30.3 Å². The van der Waals surface area contributed by atoms with Gasteiger partial charge in [-0.1, -0.05) is 37.3 Å². The molecule has 0 spiro atoms. The van der Waals surface area contributed by atoms with Crippen molar-refractivity contribution >= 4 is 5.97 Å². The fraction of sp³-hybridized carbons (Fsp3) is 0.417. The Bertz CT molecular complexity index is 326. The highest BCUT2D eigenvalue weighted by Gasteiger charge is 2.19. The number of hydrogen-bond acceptors (Lipinski definition) is 3. The van der Waals surface area contributed by atoms with E-state index in [0.717, 1.165) is 5.56 Å². The first-order valence-electron chi connectivity index (χ1n) is 5.27.